The molecule has 4 nitrogen and oxygen atoms in total. The lowest BCUT2D eigenvalue weighted by atomic mass is 10.2. The summed E-state index contributed by atoms with van der Waals surface area (Å²) in [7, 11) is 0. The van der Waals surface area contributed by atoms with E-state index in [0.717, 1.165) is 29.0 Å². The van der Waals surface area contributed by atoms with Crippen LogP contribution < -0.4 is 4.90 Å². The molecule has 1 heterocycles. The predicted octanol–water partition coefficient (Wildman–Crippen LogP) is 6.86. The van der Waals surface area contributed by atoms with Crippen molar-refractivity contribution in [3.8, 4) is 0 Å². The van der Waals surface area contributed by atoms with E-state index in [4.69, 9.17) is 23.2 Å². The summed E-state index contributed by atoms with van der Waals surface area (Å²) in [6, 6.07) is 11.6. The molecule has 3 rings (SSSR count). The Bertz CT molecular complexity index is 870. The first-order chi connectivity index (χ1) is 11.6. The topological polar surface area (TPSA) is 40.9 Å². The third-order valence-corrected chi connectivity index (χ3v) is 5.56. The lowest BCUT2D eigenvalue weighted by Gasteiger charge is -2.20. The van der Waals surface area contributed by atoms with Gasteiger partial charge < -0.3 is 4.90 Å². The number of fused-ring (bicyclic) bond motifs is 1. The largest absolute Gasteiger partial charge is 0.372 e. The molecular formula is C17H16Cl2N4S. The number of aromatic nitrogens is 1. The van der Waals surface area contributed by atoms with Crippen molar-refractivity contribution >= 4 is 61.3 Å². The SMILES string of the molecule is CCN(CC)c1ccc(N=Nc2nc3ccc(Cl)c(Cl)c3s2)cc1. The van der Waals surface area contributed by atoms with Crippen molar-refractivity contribution in [1.82, 2.24) is 4.98 Å². The van der Waals surface area contributed by atoms with Gasteiger partial charge in [0, 0.05) is 18.8 Å². The average Bonchev–Trinajstić information content (AvgIpc) is 3.02. The highest BCUT2D eigenvalue weighted by Gasteiger charge is 2.09. The summed E-state index contributed by atoms with van der Waals surface area (Å²) in [6.07, 6.45) is 0. The number of azo groups is 1. The van der Waals surface area contributed by atoms with Crippen LogP contribution in [0, 0.1) is 0 Å². The monoisotopic (exact) mass is 378 g/mol. The van der Waals surface area contributed by atoms with Crippen molar-refractivity contribution in [2.24, 2.45) is 10.2 Å². The van der Waals surface area contributed by atoms with Crippen LogP contribution in [0.25, 0.3) is 10.2 Å². The fourth-order valence-corrected chi connectivity index (χ4v) is 3.70. The van der Waals surface area contributed by atoms with Gasteiger partial charge in [-0.05, 0) is 50.2 Å². The van der Waals surface area contributed by atoms with E-state index in [1.807, 2.05) is 18.2 Å². The lowest BCUT2D eigenvalue weighted by Crippen LogP contribution is -2.21. The van der Waals surface area contributed by atoms with Crippen molar-refractivity contribution in [3.05, 3.63) is 46.4 Å². The Labute approximate surface area is 154 Å². The molecule has 0 aliphatic carbocycles. The third kappa shape index (κ3) is 3.53. The molecule has 0 atom stereocenters. The first-order valence-corrected chi connectivity index (χ1v) is 9.21. The maximum absolute atomic E-state index is 6.19. The minimum absolute atomic E-state index is 0.511. The molecule has 124 valence electrons. The summed E-state index contributed by atoms with van der Waals surface area (Å²) in [5, 5.41) is 10.1. The number of halogens is 2. The Morgan fingerprint density at radius 3 is 2.38 bits per heavy atom. The molecule has 0 saturated heterocycles. The van der Waals surface area contributed by atoms with Crippen LogP contribution in [0.2, 0.25) is 10.0 Å². The minimum Gasteiger partial charge on any atom is -0.372 e. The number of rotatable bonds is 5. The van der Waals surface area contributed by atoms with E-state index in [1.165, 1.54) is 17.0 Å². The molecule has 0 N–H and O–H groups in total. The van der Waals surface area contributed by atoms with Crippen molar-refractivity contribution < 1.29 is 0 Å². The van der Waals surface area contributed by atoms with Gasteiger partial charge in [0.05, 0.1) is 25.9 Å². The summed E-state index contributed by atoms with van der Waals surface area (Å²) >= 11 is 13.6. The predicted molar refractivity (Wildman–Crippen MR) is 104 cm³/mol. The molecule has 24 heavy (non-hydrogen) atoms. The van der Waals surface area contributed by atoms with Gasteiger partial charge in [0.15, 0.2) is 0 Å². The van der Waals surface area contributed by atoms with Crippen LogP contribution in [-0.4, -0.2) is 18.1 Å². The summed E-state index contributed by atoms with van der Waals surface area (Å²) < 4.78 is 0.829. The molecule has 0 saturated carbocycles. The van der Waals surface area contributed by atoms with Crippen LogP contribution in [0.5, 0.6) is 0 Å². The lowest BCUT2D eigenvalue weighted by molar-refractivity contribution is 0.866. The van der Waals surface area contributed by atoms with E-state index in [-0.39, 0.29) is 0 Å². The van der Waals surface area contributed by atoms with Crippen LogP contribution in [0.15, 0.2) is 46.6 Å². The smallest absolute Gasteiger partial charge is 0.231 e. The fourth-order valence-electron chi connectivity index (χ4n) is 2.39. The Hall–Kier alpha value is -1.69. The zero-order chi connectivity index (χ0) is 17.1. The molecular weight excluding hydrogens is 363 g/mol. The van der Waals surface area contributed by atoms with Crippen molar-refractivity contribution in [3.63, 3.8) is 0 Å². The summed E-state index contributed by atoms with van der Waals surface area (Å²) in [6.45, 7) is 6.24. The van der Waals surface area contributed by atoms with Gasteiger partial charge in [-0.25, -0.2) is 4.98 Å². The maximum atomic E-state index is 6.19. The number of anilines is 1. The van der Waals surface area contributed by atoms with E-state index >= 15 is 0 Å². The second-order valence-corrected chi connectivity index (χ2v) is 6.86. The molecule has 0 spiro atoms. The molecule has 0 aliphatic heterocycles. The highest BCUT2D eigenvalue weighted by molar-refractivity contribution is 7.22. The van der Waals surface area contributed by atoms with Crippen LogP contribution in [-0.2, 0) is 0 Å². The van der Waals surface area contributed by atoms with Crippen LogP contribution in [0.4, 0.5) is 16.5 Å². The standard InChI is InChI=1S/C17H16Cl2N4S/c1-3-23(4-2)12-7-5-11(6-8-12)21-22-17-20-14-10-9-13(18)15(19)16(14)24-17/h5-10H,3-4H2,1-2H3. The number of hydrogen-bond acceptors (Lipinski definition) is 5. The molecule has 7 heteroatoms. The van der Waals surface area contributed by atoms with Gasteiger partial charge >= 0.3 is 0 Å². The molecule has 1 aromatic heterocycles. The summed E-state index contributed by atoms with van der Waals surface area (Å²) in [4.78, 5) is 6.69. The van der Waals surface area contributed by atoms with Gasteiger partial charge in [-0.2, -0.15) is 0 Å². The van der Waals surface area contributed by atoms with Gasteiger partial charge in [-0.15, -0.1) is 10.2 Å². The Balaban J connectivity index is 1.82. The van der Waals surface area contributed by atoms with Gasteiger partial charge in [0.2, 0.25) is 5.13 Å². The Morgan fingerprint density at radius 1 is 1.00 bits per heavy atom. The highest BCUT2D eigenvalue weighted by Crippen LogP contribution is 2.37. The average molecular weight is 379 g/mol. The van der Waals surface area contributed by atoms with Crippen LogP contribution in [0.1, 0.15) is 13.8 Å². The normalized spacial score (nSPS) is 11.5. The minimum atomic E-state index is 0.511. The highest BCUT2D eigenvalue weighted by atomic mass is 35.5. The Morgan fingerprint density at radius 2 is 1.71 bits per heavy atom. The first kappa shape index (κ1) is 17.1. The Kier molecular flexibility index (Phi) is 5.33. The molecule has 2 aromatic carbocycles. The zero-order valence-electron chi connectivity index (χ0n) is 13.3. The van der Waals surface area contributed by atoms with Gasteiger partial charge in [0.1, 0.15) is 0 Å². The molecule has 0 unspecified atom stereocenters. The van der Waals surface area contributed by atoms with Crippen LogP contribution >= 0.6 is 34.5 Å². The molecule has 0 radical (unpaired) electrons. The molecule has 0 aliphatic rings. The quantitative estimate of drug-likeness (QED) is 0.454. The molecule has 3 aromatic rings. The van der Waals surface area contributed by atoms with E-state index < -0.39 is 0 Å². The summed E-state index contributed by atoms with van der Waals surface area (Å²) in [5.74, 6) is 0. The van der Waals surface area contributed by atoms with E-state index in [2.05, 4.69) is 46.1 Å². The number of nitrogens with zero attached hydrogens (tertiary/aromatic N) is 4. The van der Waals surface area contributed by atoms with Crippen molar-refractivity contribution in [2.45, 2.75) is 13.8 Å². The molecule has 0 fully saturated rings. The number of benzene rings is 2. The van der Waals surface area contributed by atoms with Gasteiger partial charge in [-0.1, -0.05) is 34.5 Å². The second-order valence-electron chi connectivity index (χ2n) is 5.09. The third-order valence-electron chi connectivity index (χ3n) is 3.67. The summed E-state index contributed by atoms with van der Waals surface area (Å²) in [5.41, 5.74) is 2.75. The molecule has 0 amide bonds. The second kappa shape index (κ2) is 7.47. The molecule has 0 bridgehead atoms. The fraction of sp³-hybridized carbons (Fsp3) is 0.235. The van der Waals surface area contributed by atoms with Crippen LogP contribution in [0.3, 0.4) is 0 Å². The van der Waals surface area contributed by atoms with E-state index in [1.54, 1.807) is 6.07 Å². The zero-order valence-corrected chi connectivity index (χ0v) is 15.7. The van der Waals surface area contributed by atoms with E-state index in [9.17, 15) is 0 Å². The van der Waals surface area contributed by atoms with Crippen molar-refractivity contribution in [1.29, 1.82) is 0 Å². The van der Waals surface area contributed by atoms with Crippen molar-refractivity contribution in [2.75, 3.05) is 18.0 Å². The number of hydrogen-bond donors (Lipinski definition) is 0. The van der Waals surface area contributed by atoms with Gasteiger partial charge in [0.25, 0.3) is 0 Å². The maximum Gasteiger partial charge on any atom is 0.231 e. The first-order valence-electron chi connectivity index (χ1n) is 7.63. The van der Waals surface area contributed by atoms with Gasteiger partial charge in [-0.3, -0.25) is 0 Å². The van der Waals surface area contributed by atoms with E-state index in [0.29, 0.717) is 15.2 Å². The number of thiazole rings is 1.